The first-order valence-electron chi connectivity index (χ1n) is 13.5. The monoisotopic (exact) mass is 509 g/mol. The molecule has 0 unspecified atom stereocenters. The van der Waals surface area contributed by atoms with E-state index in [1.165, 1.54) is 70.7 Å². The lowest BCUT2D eigenvalue weighted by atomic mass is 10.1. The Kier molecular flexibility index (Phi) is 9.91. The molecule has 2 heterocycles. The predicted octanol–water partition coefficient (Wildman–Crippen LogP) is 5.45. The largest absolute Gasteiger partial charge is 0.493 e. The van der Waals surface area contributed by atoms with E-state index in [9.17, 15) is 4.39 Å². The fourth-order valence-corrected chi connectivity index (χ4v) is 4.78. The molecule has 0 saturated carbocycles. The van der Waals surface area contributed by atoms with Crippen molar-refractivity contribution in [3.05, 3.63) is 42.2 Å². The van der Waals surface area contributed by atoms with Crippen LogP contribution in [-0.2, 0) is 0 Å². The maximum Gasteiger partial charge on any atom is 0.162 e. The summed E-state index contributed by atoms with van der Waals surface area (Å²) < 4.78 is 24.5. The topological polar surface area (TPSA) is 62.8 Å². The highest BCUT2D eigenvalue weighted by molar-refractivity contribution is 5.93. The van der Waals surface area contributed by atoms with E-state index < -0.39 is 0 Å². The zero-order chi connectivity index (χ0) is 26.0. The Hall–Kier alpha value is -2.97. The minimum atomic E-state index is -0.285. The third-order valence-electron chi connectivity index (χ3n) is 7.04. The molecule has 1 aromatic heterocycles. The fourth-order valence-electron chi connectivity index (χ4n) is 4.78. The number of anilines is 1. The van der Waals surface area contributed by atoms with Crippen molar-refractivity contribution in [2.75, 3.05) is 65.3 Å². The van der Waals surface area contributed by atoms with Crippen LogP contribution in [0.15, 0.2) is 36.4 Å². The van der Waals surface area contributed by atoms with Crippen LogP contribution < -0.4 is 14.8 Å². The molecule has 200 valence electrons. The van der Waals surface area contributed by atoms with E-state index in [-0.39, 0.29) is 5.82 Å². The summed E-state index contributed by atoms with van der Waals surface area (Å²) in [5.41, 5.74) is 1.50. The number of hydrogen-bond acceptors (Lipinski definition) is 7. The number of piperazine rings is 1. The van der Waals surface area contributed by atoms with Gasteiger partial charge in [0.1, 0.15) is 11.6 Å². The molecule has 0 radical (unpaired) electrons. The third kappa shape index (κ3) is 7.29. The van der Waals surface area contributed by atoms with Crippen molar-refractivity contribution in [2.45, 2.75) is 39.0 Å². The van der Waals surface area contributed by atoms with Gasteiger partial charge in [-0.3, -0.25) is 0 Å². The van der Waals surface area contributed by atoms with Crippen LogP contribution >= 0.6 is 0 Å². The summed E-state index contributed by atoms with van der Waals surface area (Å²) in [6, 6.07) is 10.0. The van der Waals surface area contributed by atoms with Gasteiger partial charge in [-0.2, -0.15) is 0 Å². The fraction of sp³-hybridized carbons (Fsp3) is 0.517. The number of ether oxygens (including phenoxy) is 2. The van der Waals surface area contributed by atoms with Crippen LogP contribution in [0.3, 0.4) is 0 Å². The molecule has 0 spiro atoms. The lowest BCUT2D eigenvalue weighted by Crippen LogP contribution is -2.46. The number of fused-ring (bicyclic) bond motifs is 1. The van der Waals surface area contributed by atoms with Crippen LogP contribution in [0.5, 0.6) is 11.5 Å². The van der Waals surface area contributed by atoms with E-state index in [1.54, 1.807) is 26.4 Å². The normalized spacial score (nSPS) is 14.7. The molecule has 2 aromatic carbocycles. The molecule has 8 heteroatoms. The van der Waals surface area contributed by atoms with E-state index in [1.807, 2.05) is 12.1 Å². The van der Waals surface area contributed by atoms with Crippen LogP contribution in [0.2, 0.25) is 0 Å². The second kappa shape index (κ2) is 13.5. The predicted molar refractivity (Wildman–Crippen MR) is 148 cm³/mol. The lowest BCUT2D eigenvalue weighted by Gasteiger charge is -2.34. The van der Waals surface area contributed by atoms with Gasteiger partial charge in [0.05, 0.1) is 19.7 Å². The van der Waals surface area contributed by atoms with Gasteiger partial charge < -0.3 is 24.6 Å². The summed E-state index contributed by atoms with van der Waals surface area (Å²) >= 11 is 0. The number of methoxy groups -OCH3 is 2. The van der Waals surface area contributed by atoms with Gasteiger partial charge >= 0.3 is 0 Å². The Balaban J connectivity index is 1.36. The Morgan fingerprint density at radius 3 is 2.14 bits per heavy atom. The van der Waals surface area contributed by atoms with Crippen LogP contribution in [0, 0.1) is 5.82 Å². The van der Waals surface area contributed by atoms with Gasteiger partial charge in [0.25, 0.3) is 0 Å². The maximum absolute atomic E-state index is 13.5. The van der Waals surface area contributed by atoms with Crippen molar-refractivity contribution in [3.63, 3.8) is 0 Å². The number of halogens is 1. The highest BCUT2D eigenvalue weighted by Gasteiger charge is 2.16. The molecule has 1 aliphatic rings. The zero-order valence-corrected chi connectivity index (χ0v) is 22.4. The Morgan fingerprint density at radius 1 is 0.838 bits per heavy atom. The molecule has 1 aliphatic heterocycles. The average Bonchev–Trinajstić information content (AvgIpc) is 2.93. The van der Waals surface area contributed by atoms with Gasteiger partial charge in [0, 0.05) is 49.7 Å². The highest BCUT2D eigenvalue weighted by atomic mass is 19.1. The maximum atomic E-state index is 13.5. The van der Waals surface area contributed by atoms with Gasteiger partial charge in [-0.1, -0.05) is 19.8 Å². The SMILES string of the molecule is CCCCN1CCN(CCCCCNc2nc(-c3ccc(F)cc3)nc3cc(OC)c(OC)cc23)CC1. The van der Waals surface area contributed by atoms with E-state index >= 15 is 0 Å². The van der Waals surface area contributed by atoms with Crippen molar-refractivity contribution >= 4 is 16.7 Å². The average molecular weight is 510 g/mol. The Labute approximate surface area is 220 Å². The molecule has 7 nitrogen and oxygen atoms in total. The standard InChI is InChI=1S/C29H40FN5O2/c1-4-5-14-34-16-18-35(19-17-34)15-8-6-7-13-31-29-24-20-26(36-2)27(37-3)21-25(24)32-28(33-29)22-9-11-23(30)12-10-22/h9-12,20-21H,4-8,13-19H2,1-3H3,(H,31,32,33). The van der Waals surface area contributed by atoms with Crippen molar-refractivity contribution in [1.82, 2.24) is 19.8 Å². The van der Waals surface area contributed by atoms with Gasteiger partial charge in [-0.05, 0) is 62.7 Å². The number of rotatable bonds is 13. The van der Waals surface area contributed by atoms with Gasteiger partial charge in [0.2, 0.25) is 0 Å². The Bertz CT molecular complexity index is 1130. The highest BCUT2D eigenvalue weighted by Crippen LogP contribution is 2.35. The number of nitrogens with zero attached hydrogens (tertiary/aromatic N) is 4. The molecule has 0 amide bonds. The molecule has 0 atom stereocenters. The molecule has 1 N–H and O–H groups in total. The van der Waals surface area contributed by atoms with Crippen LogP contribution in [0.4, 0.5) is 10.2 Å². The minimum Gasteiger partial charge on any atom is -0.493 e. The smallest absolute Gasteiger partial charge is 0.162 e. The molecule has 0 bridgehead atoms. The molecular weight excluding hydrogens is 469 g/mol. The van der Waals surface area contributed by atoms with E-state index in [0.29, 0.717) is 17.3 Å². The van der Waals surface area contributed by atoms with Crippen LogP contribution in [-0.4, -0.2) is 79.8 Å². The summed E-state index contributed by atoms with van der Waals surface area (Å²) in [4.78, 5) is 14.7. The molecule has 4 rings (SSSR count). The quantitative estimate of drug-likeness (QED) is 0.307. The lowest BCUT2D eigenvalue weighted by molar-refractivity contribution is 0.129. The number of aromatic nitrogens is 2. The molecule has 1 fully saturated rings. The van der Waals surface area contributed by atoms with Crippen LogP contribution in [0.25, 0.3) is 22.3 Å². The second-order valence-corrected chi connectivity index (χ2v) is 9.65. The first-order valence-corrected chi connectivity index (χ1v) is 13.5. The van der Waals surface area contributed by atoms with Gasteiger partial charge in [-0.15, -0.1) is 0 Å². The first-order chi connectivity index (χ1) is 18.1. The summed E-state index contributed by atoms with van der Waals surface area (Å²) in [5.74, 6) is 2.24. The third-order valence-corrected chi connectivity index (χ3v) is 7.04. The summed E-state index contributed by atoms with van der Waals surface area (Å²) in [7, 11) is 3.23. The van der Waals surface area contributed by atoms with Crippen molar-refractivity contribution in [3.8, 4) is 22.9 Å². The minimum absolute atomic E-state index is 0.285. The summed E-state index contributed by atoms with van der Waals surface area (Å²) in [6.45, 7) is 10.3. The number of nitrogens with one attached hydrogen (secondary N) is 1. The van der Waals surface area contributed by atoms with Crippen molar-refractivity contribution in [2.24, 2.45) is 0 Å². The number of unbranched alkanes of at least 4 members (excludes halogenated alkanes) is 3. The number of hydrogen-bond donors (Lipinski definition) is 1. The summed E-state index contributed by atoms with van der Waals surface area (Å²) in [5, 5.41) is 4.39. The molecule has 0 aliphatic carbocycles. The second-order valence-electron chi connectivity index (χ2n) is 9.65. The van der Waals surface area contributed by atoms with E-state index in [0.717, 1.165) is 41.7 Å². The van der Waals surface area contributed by atoms with Gasteiger partial charge in [-0.25, -0.2) is 14.4 Å². The molecular formula is C29H40FN5O2. The van der Waals surface area contributed by atoms with Crippen molar-refractivity contribution in [1.29, 1.82) is 0 Å². The Morgan fingerprint density at radius 2 is 1.49 bits per heavy atom. The van der Waals surface area contributed by atoms with E-state index in [4.69, 9.17) is 19.4 Å². The first kappa shape index (κ1) is 27.1. The van der Waals surface area contributed by atoms with Crippen LogP contribution in [0.1, 0.15) is 39.0 Å². The summed E-state index contributed by atoms with van der Waals surface area (Å²) in [6.07, 6.45) is 6.00. The van der Waals surface area contributed by atoms with E-state index in [2.05, 4.69) is 22.0 Å². The molecule has 3 aromatic rings. The molecule has 37 heavy (non-hydrogen) atoms. The van der Waals surface area contributed by atoms with Crippen molar-refractivity contribution < 1.29 is 13.9 Å². The number of benzene rings is 2. The van der Waals surface area contributed by atoms with Gasteiger partial charge in [0.15, 0.2) is 17.3 Å². The molecule has 1 saturated heterocycles. The zero-order valence-electron chi connectivity index (χ0n) is 22.4.